The standard InChI is InChI=1S/C22H21ClN4OS/c1-22(2)9-14-15(11-28-22)20(27(3)10-13-7-5-4-6-8-13)26-21-16(14)17-18(29-21)19(23)25-12-24-17/h4-8,12H,9-11H2,1-3H3. The largest absolute Gasteiger partial charge is 0.370 e. The number of nitrogens with zero attached hydrogens (tertiary/aromatic N) is 4. The number of hydrogen-bond acceptors (Lipinski definition) is 6. The predicted octanol–water partition coefficient (Wildman–Crippen LogP) is 5.38. The van der Waals surface area contributed by atoms with Gasteiger partial charge in [0.2, 0.25) is 0 Å². The average molecular weight is 425 g/mol. The molecule has 5 nitrogen and oxygen atoms in total. The summed E-state index contributed by atoms with van der Waals surface area (Å²) < 4.78 is 7.07. The number of pyridine rings is 1. The van der Waals surface area contributed by atoms with E-state index in [9.17, 15) is 0 Å². The molecule has 0 spiro atoms. The maximum atomic E-state index is 6.37. The molecule has 29 heavy (non-hydrogen) atoms. The number of rotatable bonds is 3. The maximum absolute atomic E-state index is 6.37. The van der Waals surface area contributed by atoms with Gasteiger partial charge in [-0.25, -0.2) is 15.0 Å². The van der Waals surface area contributed by atoms with Crippen molar-refractivity contribution in [1.29, 1.82) is 0 Å². The Balaban J connectivity index is 1.73. The van der Waals surface area contributed by atoms with Crippen LogP contribution in [-0.2, 0) is 24.3 Å². The highest BCUT2D eigenvalue weighted by atomic mass is 35.5. The van der Waals surface area contributed by atoms with E-state index < -0.39 is 0 Å². The average Bonchev–Trinajstić information content (AvgIpc) is 3.07. The quantitative estimate of drug-likeness (QED) is 0.413. The van der Waals surface area contributed by atoms with Gasteiger partial charge in [-0.05, 0) is 25.0 Å². The number of hydrogen-bond donors (Lipinski definition) is 0. The number of aromatic nitrogens is 3. The van der Waals surface area contributed by atoms with Crippen molar-refractivity contribution in [3.63, 3.8) is 0 Å². The van der Waals surface area contributed by atoms with E-state index in [0.29, 0.717) is 11.8 Å². The molecule has 0 amide bonds. The van der Waals surface area contributed by atoms with E-state index in [-0.39, 0.29) is 5.60 Å². The fourth-order valence-corrected chi connectivity index (χ4v) is 5.29. The minimum Gasteiger partial charge on any atom is -0.370 e. The van der Waals surface area contributed by atoms with Crippen LogP contribution in [0.2, 0.25) is 5.15 Å². The van der Waals surface area contributed by atoms with Crippen LogP contribution in [0, 0.1) is 0 Å². The van der Waals surface area contributed by atoms with Crippen LogP contribution < -0.4 is 4.90 Å². The zero-order valence-corrected chi connectivity index (χ0v) is 18.1. The molecule has 5 rings (SSSR count). The molecule has 0 saturated heterocycles. The topological polar surface area (TPSA) is 51.1 Å². The first-order valence-electron chi connectivity index (χ1n) is 9.56. The number of fused-ring (bicyclic) bond motifs is 5. The van der Waals surface area contributed by atoms with Gasteiger partial charge in [-0.15, -0.1) is 11.3 Å². The Bertz CT molecular complexity index is 1220. The van der Waals surface area contributed by atoms with E-state index in [2.05, 4.69) is 60.0 Å². The Morgan fingerprint density at radius 2 is 1.97 bits per heavy atom. The summed E-state index contributed by atoms with van der Waals surface area (Å²) in [6.45, 7) is 5.58. The highest BCUT2D eigenvalue weighted by Gasteiger charge is 2.32. The lowest BCUT2D eigenvalue weighted by atomic mass is 9.90. The second-order valence-corrected chi connectivity index (χ2v) is 9.44. The van der Waals surface area contributed by atoms with Gasteiger partial charge >= 0.3 is 0 Å². The van der Waals surface area contributed by atoms with Crippen LogP contribution in [-0.4, -0.2) is 27.6 Å². The van der Waals surface area contributed by atoms with Crippen molar-refractivity contribution in [3.8, 4) is 0 Å². The molecule has 0 aliphatic carbocycles. The van der Waals surface area contributed by atoms with E-state index in [1.54, 1.807) is 11.3 Å². The van der Waals surface area contributed by atoms with Crippen LogP contribution in [0.5, 0.6) is 0 Å². The summed E-state index contributed by atoms with van der Waals surface area (Å²) in [4.78, 5) is 16.9. The lowest BCUT2D eigenvalue weighted by Gasteiger charge is -2.34. The lowest BCUT2D eigenvalue weighted by molar-refractivity contribution is -0.0395. The molecular formula is C22H21ClN4OS. The van der Waals surface area contributed by atoms with Gasteiger partial charge in [0.15, 0.2) is 0 Å². The van der Waals surface area contributed by atoms with Gasteiger partial charge in [-0.2, -0.15) is 0 Å². The molecule has 0 N–H and O–H groups in total. The maximum Gasteiger partial charge on any atom is 0.150 e. The molecule has 0 bridgehead atoms. The zero-order chi connectivity index (χ0) is 20.2. The first-order chi connectivity index (χ1) is 13.9. The molecular weight excluding hydrogens is 404 g/mol. The van der Waals surface area contributed by atoms with Gasteiger partial charge in [0.05, 0.1) is 22.4 Å². The number of ether oxygens (including phenoxy) is 1. The zero-order valence-electron chi connectivity index (χ0n) is 16.6. The normalized spacial score (nSPS) is 15.6. The smallest absolute Gasteiger partial charge is 0.150 e. The second-order valence-electron chi connectivity index (χ2n) is 8.08. The van der Waals surface area contributed by atoms with Gasteiger partial charge in [-0.3, -0.25) is 0 Å². The van der Waals surface area contributed by atoms with Crippen LogP contribution in [0.15, 0.2) is 36.7 Å². The molecule has 0 atom stereocenters. The van der Waals surface area contributed by atoms with Crippen molar-refractivity contribution in [3.05, 3.63) is 58.5 Å². The monoisotopic (exact) mass is 424 g/mol. The molecule has 0 fully saturated rings. The number of benzene rings is 1. The summed E-state index contributed by atoms with van der Waals surface area (Å²) in [5.41, 5.74) is 4.31. The Labute approximate surface area is 178 Å². The third-order valence-electron chi connectivity index (χ3n) is 5.39. The Kier molecular flexibility index (Phi) is 4.46. The molecule has 4 aromatic rings. The number of halogens is 1. The van der Waals surface area contributed by atoms with Crippen molar-refractivity contribution in [1.82, 2.24) is 15.0 Å². The second kappa shape index (κ2) is 6.90. The van der Waals surface area contributed by atoms with E-state index in [1.807, 2.05) is 6.07 Å². The Hall–Kier alpha value is -2.28. The van der Waals surface area contributed by atoms with Crippen LogP contribution >= 0.6 is 22.9 Å². The van der Waals surface area contributed by atoms with Crippen LogP contribution in [0.4, 0.5) is 5.82 Å². The Morgan fingerprint density at radius 1 is 1.17 bits per heavy atom. The fourth-order valence-electron chi connectivity index (χ4n) is 4.01. The molecule has 7 heteroatoms. The summed E-state index contributed by atoms with van der Waals surface area (Å²) >= 11 is 7.94. The molecule has 4 heterocycles. The predicted molar refractivity (Wildman–Crippen MR) is 119 cm³/mol. The minimum atomic E-state index is -0.234. The number of anilines is 1. The third-order valence-corrected chi connectivity index (χ3v) is 6.87. The van der Waals surface area contributed by atoms with E-state index in [0.717, 1.165) is 44.8 Å². The third kappa shape index (κ3) is 3.25. The summed E-state index contributed by atoms with van der Waals surface area (Å²) in [6.07, 6.45) is 2.34. The van der Waals surface area contributed by atoms with Crippen molar-refractivity contribution < 1.29 is 4.74 Å². The summed E-state index contributed by atoms with van der Waals surface area (Å²) in [6, 6.07) is 10.4. The van der Waals surface area contributed by atoms with Crippen molar-refractivity contribution in [2.75, 3.05) is 11.9 Å². The molecule has 1 aliphatic rings. The first kappa shape index (κ1) is 18.7. The lowest BCUT2D eigenvalue weighted by Crippen LogP contribution is -2.33. The minimum absolute atomic E-state index is 0.234. The van der Waals surface area contributed by atoms with Crippen molar-refractivity contribution >= 4 is 49.2 Å². The van der Waals surface area contributed by atoms with Gasteiger partial charge in [0.25, 0.3) is 0 Å². The summed E-state index contributed by atoms with van der Waals surface area (Å²) in [5.74, 6) is 0.961. The van der Waals surface area contributed by atoms with Crippen LogP contribution in [0.3, 0.4) is 0 Å². The molecule has 1 aromatic carbocycles. The SMILES string of the molecule is CN(Cc1ccccc1)c1nc2sc3c(Cl)ncnc3c2c2c1COC(C)(C)C2. The summed E-state index contributed by atoms with van der Waals surface area (Å²) in [5, 5.41) is 1.58. The molecule has 148 valence electrons. The van der Waals surface area contributed by atoms with Gasteiger partial charge in [-0.1, -0.05) is 41.9 Å². The fraction of sp³-hybridized carbons (Fsp3) is 0.318. The molecule has 0 saturated carbocycles. The van der Waals surface area contributed by atoms with Crippen molar-refractivity contribution in [2.45, 2.75) is 39.0 Å². The first-order valence-corrected chi connectivity index (χ1v) is 10.8. The molecule has 1 aliphatic heterocycles. The van der Waals surface area contributed by atoms with E-state index in [1.165, 1.54) is 17.5 Å². The highest BCUT2D eigenvalue weighted by Crippen LogP contribution is 2.43. The van der Waals surface area contributed by atoms with Crippen LogP contribution in [0.1, 0.15) is 30.5 Å². The van der Waals surface area contributed by atoms with Gasteiger partial charge < -0.3 is 9.64 Å². The number of thiophene rings is 1. The van der Waals surface area contributed by atoms with Crippen molar-refractivity contribution in [2.24, 2.45) is 0 Å². The van der Waals surface area contributed by atoms with Gasteiger partial charge in [0, 0.05) is 31.0 Å². The van der Waals surface area contributed by atoms with Gasteiger partial charge in [0.1, 0.15) is 22.1 Å². The summed E-state index contributed by atoms with van der Waals surface area (Å²) in [7, 11) is 2.08. The van der Waals surface area contributed by atoms with E-state index in [4.69, 9.17) is 21.3 Å². The molecule has 3 aromatic heterocycles. The Morgan fingerprint density at radius 3 is 2.76 bits per heavy atom. The van der Waals surface area contributed by atoms with Crippen LogP contribution in [0.25, 0.3) is 20.4 Å². The molecule has 0 unspecified atom stereocenters. The highest BCUT2D eigenvalue weighted by molar-refractivity contribution is 7.26. The van der Waals surface area contributed by atoms with E-state index >= 15 is 0 Å². The molecule has 0 radical (unpaired) electrons.